The van der Waals surface area contributed by atoms with E-state index in [1.54, 1.807) is 11.3 Å². The van der Waals surface area contributed by atoms with E-state index in [0.29, 0.717) is 16.4 Å². The second kappa shape index (κ2) is 14.4. The lowest BCUT2D eigenvalue weighted by Gasteiger charge is -2.06. The molecule has 0 spiro atoms. The van der Waals surface area contributed by atoms with Crippen molar-refractivity contribution in [2.75, 3.05) is 6.61 Å². The topological polar surface area (TPSA) is 43.4 Å². The molecule has 0 radical (unpaired) electrons. The fourth-order valence-corrected chi connectivity index (χ4v) is 9.05. The molecule has 46 heavy (non-hydrogen) atoms. The average molecular weight is 785 g/mol. The number of halogens is 4. The summed E-state index contributed by atoms with van der Waals surface area (Å²) in [6, 6.07) is 20.2. The molecule has 0 saturated carbocycles. The molecule has 2 aromatic heterocycles. The van der Waals surface area contributed by atoms with Crippen LogP contribution < -0.4 is 0 Å². The molecule has 0 atom stereocenters. The Hall–Kier alpha value is -2.98. The lowest BCUT2D eigenvalue weighted by molar-refractivity contribution is 0.0532. The van der Waals surface area contributed by atoms with Gasteiger partial charge in [0.15, 0.2) is 5.78 Å². The Morgan fingerprint density at radius 3 is 1.76 bits per heavy atom. The van der Waals surface area contributed by atoms with Crippen molar-refractivity contribution in [1.82, 2.24) is 0 Å². The summed E-state index contributed by atoms with van der Waals surface area (Å²) in [5.41, 5.74) is 7.29. The average Bonchev–Trinajstić information content (AvgIpc) is 3.57. The number of benzene rings is 3. The third kappa shape index (κ3) is 7.13. The van der Waals surface area contributed by atoms with Gasteiger partial charge in [-0.25, -0.2) is 13.6 Å². The molecule has 3 nitrogen and oxygen atoms in total. The summed E-state index contributed by atoms with van der Waals surface area (Å²) in [5, 5.41) is 0. The Balaban J connectivity index is 0.000000167. The Kier molecular flexibility index (Phi) is 10.3. The molecule has 0 N–H and O–H groups in total. The Morgan fingerprint density at radius 2 is 1.22 bits per heavy atom. The first-order chi connectivity index (χ1) is 22.2. The third-order valence-corrected chi connectivity index (χ3v) is 11.6. The lowest BCUT2D eigenvalue weighted by atomic mass is 10.0. The SMILES string of the molecule is CCOC(=O)c1cc2c(s1)-c1cc(Br)ccc1CCC2.O=C(Cc1c(F)cccc1F)c1cc2c(s1)-c1cc(Br)ccc1CCC2. The molecule has 0 fully saturated rings. The van der Waals surface area contributed by atoms with Gasteiger partial charge in [0.25, 0.3) is 0 Å². The highest BCUT2D eigenvalue weighted by Crippen LogP contribution is 2.41. The van der Waals surface area contributed by atoms with Gasteiger partial charge in [-0.05, 0) is 127 Å². The van der Waals surface area contributed by atoms with Gasteiger partial charge < -0.3 is 4.74 Å². The normalized spacial score (nSPS) is 13.2. The van der Waals surface area contributed by atoms with Crippen LogP contribution in [0.5, 0.6) is 0 Å². The summed E-state index contributed by atoms with van der Waals surface area (Å²) in [6.45, 7) is 2.26. The van der Waals surface area contributed by atoms with Gasteiger partial charge in [0.1, 0.15) is 16.5 Å². The zero-order valence-electron chi connectivity index (χ0n) is 25.1. The highest BCUT2D eigenvalue weighted by atomic mass is 79.9. The number of ether oxygens (including phenoxy) is 1. The number of aryl methyl sites for hydroxylation is 4. The Bertz CT molecular complexity index is 1920. The van der Waals surface area contributed by atoms with E-state index in [-0.39, 0.29) is 23.7 Å². The number of hydrogen-bond acceptors (Lipinski definition) is 5. The molecule has 0 unspecified atom stereocenters. The van der Waals surface area contributed by atoms with Gasteiger partial charge in [0.2, 0.25) is 0 Å². The zero-order valence-corrected chi connectivity index (χ0v) is 29.9. The third-order valence-electron chi connectivity index (χ3n) is 8.19. The number of thiophene rings is 2. The van der Waals surface area contributed by atoms with Crippen molar-refractivity contribution in [3.8, 4) is 20.9 Å². The number of carbonyl (C=O) groups excluding carboxylic acids is 2. The van der Waals surface area contributed by atoms with Crippen LogP contribution in [0.15, 0.2) is 75.7 Å². The van der Waals surface area contributed by atoms with Crippen molar-refractivity contribution >= 4 is 66.3 Å². The summed E-state index contributed by atoms with van der Waals surface area (Å²) in [5.74, 6) is -1.80. The molecule has 3 aromatic carbocycles. The first-order valence-electron chi connectivity index (χ1n) is 15.2. The maximum absolute atomic E-state index is 13.9. The number of rotatable bonds is 5. The van der Waals surface area contributed by atoms with E-state index in [4.69, 9.17) is 4.74 Å². The maximum atomic E-state index is 13.9. The van der Waals surface area contributed by atoms with Crippen LogP contribution in [0.3, 0.4) is 0 Å². The van der Waals surface area contributed by atoms with Crippen LogP contribution in [0, 0.1) is 11.6 Å². The minimum Gasteiger partial charge on any atom is -0.462 e. The molecule has 236 valence electrons. The molecule has 0 bridgehead atoms. The fourth-order valence-electron chi connectivity index (χ4n) is 5.97. The molecule has 2 aliphatic rings. The second-order valence-electron chi connectivity index (χ2n) is 11.3. The summed E-state index contributed by atoms with van der Waals surface area (Å²) in [7, 11) is 0. The molecular weight excluding hydrogens is 754 g/mol. The van der Waals surface area contributed by atoms with Crippen molar-refractivity contribution in [3.05, 3.63) is 125 Å². The molecule has 0 saturated heterocycles. The Morgan fingerprint density at radius 1 is 0.717 bits per heavy atom. The maximum Gasteiger partial charge on any atom is 0.348 e. The van der Waals surface area contributed by atoms with E-state index in [2.05, 4.69) is 62.2 Å². The number of carbonyl (C=O) groups is 2. The van der Waals surface area contributed by atoms with Crippen molar-refractivity contribution in [3.63, 3.8) is 0 Å². The van der Waals surface area contributed by atoms with Crippen LogP contribution in [0.4, 0.5) is 8.78 Å². The van der Waals surface area contributed by atoms with Gasteiger partial charge in [0, 0.05) is 30.7 Å². The van der Waals surface area contributed by atoms with Gasteiger partial charge in [-0.3, -0.25) is 4.79 Å². The van der Waals surface area contributed by atoms with Gasteiger partial charge in [-0.15, -0.1) is 22.7 Å². The van der Waals surface area contributed by atoms with Crippen LogP contribution in [-0.4, -0.2) is 18.4 Å². The second-order valence-corrected chi connectivity index (χ2v) is 15.2. The van der Waals surface area contributed by atoms with Gasteiger partial charge in [-0.2, -0.15) is 0 Å². The fraction of sp³-hybridized carbons (Fsp3) is 0.243. The zero-order chi connectivity index (χ0) is 32.4. The van der Waals surface area contributed by atoms with Crippen LogP contribution in [0.25, 0.3) is 20.9 Å². The summed E-state index contributed by atoms with van der Waals surface area (Å²) in [4.78, 5) is 28.2. The van der Waals surface area contributed by atoms with Crippen LogP contribution in [0.1, 0.15) is 66.9 Å². The summed E-state index contributed by atoms with van der Waals surface area (Å²) < 4.78 is 34.9. The van der Waals surface area contributed by atoms with E-state index in [1.165, 1.54) is 56.7 Å². The minimum absolute atomic E-state index is 0.163. The Labute approximate surface area is 291 Å². The molecule has 7 rings (SSSR count). The number of hydrogen-bond donors (Lipinski definition) is 0. The molecule has 5 aromatic rings. The minimum atomic E-state index is -0.675. The largest absolute Gasteiger partial charge is 0.462 e. The van der Waals surface area contributed by atoms with Gasteiger partial charge in [-0.1, -0.05) is 50.1 Å². The molecule has 2 heterocycles. The van der Waals surface area contributed by atoms with E-state index in [0.717, 1.165) is 63.5 Å². The van der Waals surface area contributed by atoms with E-state index in [1.807, 2.05) is 25.1 Å². The predicted octanol–water partition coefficient (Wildman–Crippen LogP) is 11.2. The molecule has 0 aliphatic heterocycles. The van der Waals surface area contributed by atoms with Crippen molar-refractivity contribution in [1.29, 1.82) is 0 Å². The van der Waals surface area contributed by atoms with Gasteiger partial charge >= 0.3 is 5.97 Å². The van der Waals surface area contributed by atoms with Crippen LogP contribution in [-0.2, 0) is 36.8 Å². The number of ketones is 1. The standard InChI is InChI=1S/C21H15BrF2OS.C16H15BrO2S/c22-14-8-7-12-3-1-4-13-9-20(26-21(13)15(12)10-14)19(25)11-16-17(23)5-2-6-18(16)24;1-2-19-16(18)14-8-11-5-3-4-10-6-7-12(17)9-13(10)15(11)20-14/h2,5-10H,1,3-4,11H2;6-9H,2-5H2,1H3. The quantitative estimate of drug-likeness (QED) is 0.132. The van der Waals surface area contributed by atoms with E-state index < -0.39 is 11.6 Å². The molecular formula is C37H30Br2F2O3S2. The van der Waals surface area contributed by atoms with Crippen molar-refractivity contribution < 1.29 is 23.1 Å². The highest BCUT2D eigenvalue weighted by molar-refractivity contribution is 9.10. The molecule has 0 amide bonds. The number of Topliss-reactive ketones (excluding diaryl/α,β-unsaturated/α-hetero) is 1. The van der Waals surface area contributed by atoms with E-state index >= 15 is 0 Å². The molecule has 9 heteroatoms. The smallest absolute Gasteiger partial charge is 0.348 e. The number of esters is 1. The van der Waals surface area contributed by atoms with Crippen LogP contribution >= 0.6 is 54.5 Å². The van der Waals surface area contributed by atoms with Gasteiger partial charge in [0.05, 0.1) is 11.5 Å². The van der Waals surface area contributed by atoms with Crippen molar-refractivity contribution in [2.45, 2.75) is 51.9 Å². The summed E-state index contributed by atoms with van der Waals surface area (Å²) in [6.07, 6.45) is 5.92. The monoisotopic (exact) mass is 782 g/mol. The van der Waals surface area contributed by atoms with Crippen molar-refractivity contribution in [2.24, 2.45) is 0 Å². The van der Waals surface area contributed by atoms with Crippen LogP contribution in [0.2, 0.25) is 0 Å². The first kappa shape index (κ1) is 32.9. The van der Waals surface area contributed by atoms with E-state index in [9.17, 15) is 18.4 Å². The molecule has 2 aliphatic carbocycles. The number of fused-ring (bicyclic) bond motifs is 6. The predicted molar refractivity (Wildman–Crippen MR) is 189 cm³/mol. The summed E-state index contributed by atoms with van der Waals surface area (Å²) >= 11 is 10.0. The lowest BCUT2D eigenvalue weighted by Crippen LogP contribution is -2.05. The highest BCUT2D eigenvalue weighted by Gasteiger charge is 2.23. The first-order valence-corrected chi connectivity index (χ1v) is 18.4.